The van der Waals surface area contributed by atoms with E-state index in [1.165, 1.54) is 0 Å². The van der Waals surface area contributed by atoms with Gasteiger partial charge in [0.05, 0.1) is 11.7 Å². The molecule has 0 radical (unpaired) electrons. The van der Waals surface area contributed by atoms with E-state index in [1.807, 2.05) is 45.3 Å². The number of hydrogen-bond donors (Lipinski definition) is 0. The lowest BCUT2D eigenvalue weighted by atomic mass is 10.1. The van der Waals surface area contributed by atoms with Crippen molar-refractivity contribution in [2.45, 2.75) is 83.9 Å². The summed E-state index contributed by atoms with van der Waals surface area (Å²) in [5, 5.41) is -0.0962. The summed E-state index contributed by atoms with van der Waals surface area (Å²) in [7, 11) is 1.67. The highest BCUT2D eigenvalue weighted by Gasteiger charge is 2.48. The fraction of sp³-hybridized carbons (Fsp3) is 0.600. The minimum atomic E-state index is -4.52. The van der Waals surface area contributed by atoms with Crippen molar-refractivity contribution in [3.8, 4) is 0 Å². The Morgan fingerprint density at radius 2 is 1.77 bits per heavy atom. The number of nitrogens with zero attached hydrogens (tertiary/aromatic N) is 4. The molecule has 3 rings (SSSR count). The second-order valence-corrected chi connectivity index (χ2v) is 17.4. The number of pyridine rings is 1. The molecule has 0 saturated carbocycles. The van der Waals surface area contributed by atoms with Gasteiger partial charge in [0.25, 0.3) is 5.91 Å². The smallest absolute Gasteiger partial charge is 0.411 e. The highest BCUT2D eigenvalue weighted by atomic mass is 28.4. The average Bonchev–Trinajstić information content (AvgIpc) is 3.22. The second kappa shape index (κ2) is 12.2. The van der Waals surface area contributed by atoms with Gasteiger partial charge in [-0.15, -0.1) is 0 Å². The Morgan fingerprint density at radius 1 is 1.10 bits per heavy atom. The Bertz CT molecular complexity index is 1180. The standard InChI is InChI=1S/C30H45F3N4O2Si/c1-21-12-10-13-24(18-21)36(16-11-15-35(6)7)28(38)27-25(39-40(8,9)29(3,4)5)14-17-37(27)26-20-23(30(31,32)33)19-22(2)34-26/h10,12-13,18-20,25,27H,11,14-17H2,1-9H3/t25-,27+/m1/s1. The fourth-order valence-corrected chi connectivity index (χ4v) is 6.18. The Kier molecular flexibility index (Phi) is 9.79. The van der Waals surface area contributed by atoms with E-state index in [-0.39, 0.29) is 22.5 Å². The van der Waals surface area contributed by atoms with Crippen molar-refractivity contribution in [2.24, 2.45) is 0 Å². The van der Waals surface area contributed by atoms with Crippen molar-refractivity contribution < 1.29 is 22.4 Å². The van der Waals surface area contributed by atoms with E-state index in [0.717, 1.165) is 36.3 Å². The fourth-order valence-electron chi connectivity index (χ4n) is 4.82. The number of benzene rings is 1. The number of carbonyl (C=O) groups is 1. The molecule has 1 aromatic carbocycles. The molecule has 1 aliphatic heterocycles. The van der Waals surface area contributed by atoms with Crippen LogP contribution in [0.1, 0.15) is 50.4 Å². The molecule has 2 aromatic rings. The third-order valence-electron chi connectivity index (χ3n) is 7.98. The molecule has 0 unspecified atom stereocenters. The van der Waals surface area contributed by atoms with Gasteiger partial charge in [-0.05, 0) is 95.3 Å². The summed E-state index contributed by atoms with van der Waals surface area (Å²) in [5.41, 5.74) is 1.29. The molecule has 1 fully saturated rings. The van der Waals surface area contributed by atoms with Crippen molar-refractivity contribution in [3.63, 3.8) is 0 Å². The number of anilines is 2. The van der Waals surface area contributed by atoms with Crippen LogP contribution in [0.4, 0.5) is 24.7 Å². The summed E-state index contributed by atoms with van der Waals surface area (Å²) in [4.78, 5) is 24.6. The zero-order valence-electron chi connectivity index (χ0n) is 25.4. The molecule has 2 atom stereocenters. The number of halogens is 3. The maximum Gasteiger partial charge on any atom is 0.416 e. The molecule has 1 saturated heterocycles. The van der Waals surface area contributed by atoms with Gasteiger partial charge < -0.3 is 19.1 Å². The van der Waals surface area contributed by atoms with E-state index in [9.17, 15) is 18.0 Å². The third-order valence-corrected chi connectivity index (χ3v) is 12.5. The molecule has 0 bridgehead atoms. The average molecular weight is 579 g/mol. The summed E-state index contributed by atoms with van der Waals surface area (Å²) in [6.07, 6.45) is -3.71. The monoisotopic (exact) mass is 578 g/mol. The van der Waals surface area contributed by atoms with Gasteiger partial charge in [0.1, 0.15) is 11.9 Å². The Labute approximate surface area is 238 Å². The quantitative estimate of drug-likeness (QED) is 0.311. The molecule has 6 nitrogen and oxygen atoms in total. The molecule has 1 amide bonds. The van der Waals surface area contributed by atoms with Crippen LogP contribution in [0.3, 0.4) is 0 Å². The first-order valence-electron chi connectivity index (χ1n) is 13.9. The Morgan fingerprint density at radius 3 is 2.35 bits per heavy atom. The first-order valence-corrected chi connectivity index (χ1v) is 16.8. The summed E-state index contributed by atoms with van der Waals surface area (Å²) in [6, 6.07) is 9.09. The van der Waals surface area contributed by atoms with Gasteiger partial charge >= 0.3 is 6.18 Å². The first kappa shape index (κ1) is 32.1. The predicted octanol–water partition coefficient (Wildman–Crippen LogP) is 6.67. The molecule has 0 N–H and O–H groups in total. The molecule has 10 heteroatoms. The van der Waals surface area contributed by atoms with Crippen LogP contribution in [-0.4, -0.2) is 70.0 Å². The summed E-state index contributed by atoms with van der Waals surface area (Å²) in [5.74, 6) is -0.0214. The lowest BCUT2D eigenvalue weighted by Gasteiger charge is -2.41. The normalized spacial score (nSPS) is 18.5. The van der Waals surface area contributed by atoms with Crippen molar-refractivity contribution in [2.75, 3.05) is 43.5 Å². The van der Waals surface area contributed by atoms with Gasteiger partial charge in [-0.25, -0.2) is 4.98 Å². The maximum absolute atomic E-state index is 14.6. The number of aromatic nitrogens is 1. The van der Waals surface area contributed by atoms with Gasteiger partial charge in [0.15, 0.2) is 8.32 Å². The number of amides is 1. The second-order valence-electron chi connectivity index (χ2n) is 12.7. The van der Waals surface area contributed by atoms with E-state index >= 15 is 0 Å². The first-order chi connectivity index (χ1) is 18.4. The van der Waals surface area contributed by atoms with Crippen LogP contribution in [0.5, 0.6) is 0 Å². The van der Waals surface area contributed by atoms with Gasteiger partial charge in [-0.3, -0.25) is 4.79 Å². The largest absolute Gasteiger partial charge is 0.416 e. The van der Waals surface area contributed by atoms with Crippen LogP contribution in [0.15, 0.2) is 36.4 Å². The molecule has 1 aliphatic rings. The van der Waals surface area contributed by atoms with Crippen LogP contribution in [0.2, 0.25) is 18.1 Å². The molecular weight excluding hydrogens is 533 g/mol. The number of aryl methyl sites for hydroxylation is 2. The molecule has 2 heterocycles. The zero-order chi connectivity index (χ0) is 30.0. The van der Waals surface area contributed by atoms with E-state index in [1.54, 1.807) is 16.7 Å². The third kappa shape index (κ3) is 7.64. The van der Waals surface area contributed by atoms with E-state index in [4.69, 9.17) is 4.43 Å². The molecule has 222 valence electrons. The van der Waals surface area contributed by atoms with Crippen LogP contribution in [0, 0.1) is 13.8 Å². The summed E-state index contributed by atoms with van der Waals surface area (Å²) in [6.45, 7) is 15.9. The predicted molar refractivity (Wildman–Crippen MR) is 158 cm³/mol. The SMILES string of the molecule is Cc1cccc(N(CCCN(C)C)C(=O)[C@@H]2[C@H](O[Si](C)(C)C(C)(C)C)CCN2c2cc(C(F)(F)F)cc(C)n2)c1. The minimum absolute atomic E-state index is 0.0962. The molecule has 40 heavy (non-hydrogen) atoms. The van der Waals surface area contributed by atoms with Gasteiger partial charge in [-0.1, -0.05) is 32.9 Å². The number of hydrogen-bond acceptors (Lipinski definition) is 5. The zero-order valence-corrected chi connectivity index (χ0v) is 26.4. The van der Waals surface area contributed by atoms with Gasteiger partial charge in [0, 0.05) is 24.5 Å². The van der Waals surface area contributed by atoms with Crippen molar-refractivity contribution >= 4 is 25.7 Å². The maximum atomic E-state index is 14.6. The summed E-state index contributed by atoms with van der Waals surface area (Å²) < 4.78 is 48.1. The Balaban J connectivity index is 2.10. The number of carbonyl (C=O) groups excluding carboxylic acids is 1. The molecule has 0 aliphatic carbocycles. The van der Waals surface area contributed by atoms with E-state index in [0.29, 0.717) is 19.5 Å². The lowest BCUT2D eigenvalue weighted by molar-refractivity contribution is -0.137. The van der Waals surface area contributed by atoms with Crippen molar-refractivity contribution in [1.82, 2.24) is 9.88 Å². The van der Waals surface area contributed by atoms with Gasteiger partial charge in [-0.2, -0.15) is 13.2 Å². The number of rotatable bonds is 9. The summed E-state index contributed by atoms with van der Waals surface area (Å²) >= 11 is 0. The van der Waals surface area contributed by atoms with Gasteiger partial charge in [0.2, 0.25) is 0 Å². The topological polar surface area (TPSA) is 48.9 Å². The lowest BCUT2D eigenvalue weighted by Crippen LogP contribution is -2.55. The van der Waals surface area contributed by atoms with E-state index < -0.39 is 32.2 Å². The minimum Gasteiger partial charge on any atom is -0.411 e. The highest BCUT2D eigenvalue weighted by Crippen LogP contribution is 2.41. The van der Waals surface area contributed by atoms with Crippen LogP contribution >= 0.6 is 0 Å². The highest BCUT2D eigenvalue weighted by molar-refractivity contribution is 6.74. The Hall–Kier alpha value is -2.43. The molecular formula is C30H45F3N4O2Si. The van der Waals surface area contributed by atoms with Crippen LogP contribution in [-0.2, 0) is 15.4 Å². The van der Waals surface area contributed by atoms with Crippen molar-refractivity contribution in [1.29, 1.82) is 0 Å². The van der Waals surface area contributed by atoms with Crippen LogP contribution < -0.4 is 9.80 Å². The molecule has 0 spiro atoms. The number of alkyl halides is 3. The van der Waals surface area contributed by atoms with Crippen molar-refractivity contribution in [3.05, 3.63) is 53.2 Å². The van der Waals surface area contributed by atoms with Crippen LogP contribution in [0.25, 0.3) is 0 Å². The van der Waals surface area contributed by atoms with E-state index in [2.05, 4.69) is 43.7 Å². The molecule has 1 aromatic heterocycles.